The Hall–Kier alpha value is -2.00. The van der Waals surface area contributed by atoms with Crippen LogP contribution in [0.3, 0.4) is 0 Å². The van der Waals surface area contributed by atoms with Gasteiger partial charge in [0.05, 0.1) is 22.1 Å². The summed E-state index contributed by atoms with van der Waals surface area (Å²) in [5, 5.41) is 3.13. The molecule has 0 radical (unpaired) electrons. The first kappa shape index (κ1) is 21.7. The Morgan fingerprint density at radius 3 is 2.34 bits per heavy atom. The second kappa shape index (κ2) is 9.21. The maximum atomic E-state index is 12.6. The third-order valence-corrected chi connectivity index (χ3v) is 6.89. The number of carbonyl (C=O) groups excluding carboxylic acids is 1. The van der Waals surface area contributed by atoms with Crippen LogP contribution in [0, 0.1) is 0 Å². The van der Waals surface area contributed by atoms with E-state index < -0.39 is 15.9 Å². The second-order valence-corrected chi connectivity index (χ2v) is 9.14. The molecule has 1 N–H and O–H groups in total. The highest BCUT2D eigenvalue weighted by Crippen LogP contribution is 2.30. The second-order valence-electron chi connectivity index (χ2n) is 6.39. The molecule has 3 rings (SSSR count). The fourth-order valence-electron chi connectivity index (χ4n) is 2.92. The molecule has 0 bridgehead atoms. The summed E-state index contributed by atoms with van der Waals surface area (Å²) in [5.41, 5.74) is 0.488. The van der Waals surface area contributed by atoms with Crippen LogP contribution in [0.5, 0.6) is 11.5 Å². The van der Waals surface area contributed by atoms with Crippen molar-refractivity contribution in [3.05, 3.63) is 46.4 Å². The molecule has 0 aromatic heterocycles. The summed E-state index contributed by atoms with van der Waals surface area (Å²) in [6, 6.07) is 9.05. The zero-order chi connectivity index (χ0) is 21.0. The van der Waals surface area contributed by atoms with E-state index in [-0.39, 0.29) is 22.3 Å². The SMILES string of the molecule is COc1ccc(NC(=O)COc2ccc(S(=O)(=O)N3CCCC3)cc2Cl)cc1Cl. The minimum atomic E-state index is -3.57. The monoisotopic (exact) mass is 458 g/mol. The van der Waals surface area contributed by atoms with E-state index in [2.05, 4.69) is 5.32 Å². The molecule has 1 amide bonds. The van der Waals surface area contributed by atoms with Crippen LogP contribution in [0.25, 0.3) is 0 Å². The Kier molecular flexibility index (Phi) is 6.89. The van der Waals surface area contributed by atoms with Gasteiger partial charge in [0.15, 0.2) is 6.61 Å². The summed E-state index contributed by atoms with van der Waals surface area (Å²) in [6.07, 6.45) is 1.70. The van der Waals surface area contributed by atoms with Gasteiger partial charge < -0.3 is 14.8 Å². The first-order valence-corrected chi connectivity index (χ1v) is 11.1. The van der Waals surface area contributed by atoms with Gasteiger partial charge in [0.25, 0.3) is 5.91 Å². The van der Waals surface area contributed by atoms with Crippen molar-refractivity contribution in [3.63, 3.8) is 0 Å². The highest BCUT2D eigenvalue weighted by molar-refractivity contribution is 7.89. The highest BCUT2D eigenvalue weighted by atomic mass is 35.5. The molecule has 7 nitrogen and oxygen atoms in total. The van der Waals surface area contributed by atoms with Crippen molar-refractivity contribution in [2.75, 3.05) is 32.1 Å². The number of ether oxygens (including phenoxy) is 2. The molecule has 0 unspecified atom stereocenters. The number of methoxy groups -OCH3 is 1. The number of nitrogens with one attached hydrogen (secondary N) is 1. The number of anilines is 1. The third kappa shape index (κ3) is 5.14. The average Bonchev–Trinajstić information content (AvgIpc) is 3.23. The van der Waals surface area contributed by atoms with Crippen LogP contribution in [-0.2, 0) is 14.8 Å². The van der Waals surface area contributed by atoms with Gasteiger partial charge in [0.2, 0.25) is 10.0 Å². The summed E-state index contributed by atoms with van der Waals surface area (Å²) in [6.45, 7) is 0.711. The molecule has 0 aliphatic carbocycles. The van der Waals surface area contributed by atoms with Crippen molar-refractivity contribution in [1.82, 2.24) is 4.31 Å². The smallest absolute Gasteiger partial charge is 0.262 e. The molecule has 1 heterocycles. The van der Waals surface area contributed by atoms with Crippen molar-refractivity contribution >= 4 is 44.8 Å². The third-order valence-electron chi connectivity index (χ3n) is 4.40. The number of hydrogen-bond donors (Lipinski definition) is 1. The molecule has 0 atom stereocenters. The standard InChI is InChI=1S/C19H20Cl2N2O5S/c1-27-17-6-4-13(10-15(17)20)22-19(24)12-28-18-7-5-14(11-16(18)21)29(25,26)23-8-2-3-9-23/h4-7,10-11H,2-3,8-9,12H2,1H3,(H,22,24). The molecule has 2 aromatic rings. The number of sulfonamides is 1. The molecule has 1 fully saturated rings. The molecule has 1 saturated heterocycles. The van der Waals surface area contributed by atoms with E-state index in [0.29, 0.717) is 29.5 Å². The number of amides is 1. The van der Waals surface area contributed by atoms with Crippen molar-refractivity contribution < 1.29 is 22.7 Å². The lowest BCUT2D eigenvalue weighted by Crippen LogP contribution is -2.27. The Morgan fingerprint density at radius 1 is 1.07 bits per heavy atom. The number of halogens is 2. The van der Waals surface area contributed by atoms with Gasteiger partial charge in [-0.15, -0.1) is 0 Å². The van der Waals surface area contributed by atoms with Crippen molar-refractivity contribution in [2.24, 2.45) is 0 Å². The number of nitrogens with zero attached hydrogens (tertiary/aromatic N) is 1. The molecule has 29 heavy (non-hydrogen) atoms. The Labute approximate surface area is 179 Å². The lowest BCUT2D eigenvalue weighted by molar-refractivity contribution is -0.118. The van der Waals surface area contributed by atoms with Gasteiger partial charge in [-0.2, -0.15) is 4.31 Å². The molecule has 156 valence electrons. The van der Waals surface area contributed by atoms with Crippen LogP contribution in [0.1, 0.15) is 12.8 Å². The van der Waals surface area contributed by atoms with Crippen LogP contribution in [-0.4, -0.2) is 45.4 Å². The van der Waals surface area contributed by atoms with Crippen LogP contribution >= 0.6 is 23.2 Å². The van der Waals surface area contributed by atoms with Crippen molar-refractivity contribution in [3.8, 4) is 11.5 Å². The van der Waals surface area contributed by atoms with E-state index in [1.807, 2.05) is 0 Å². The van der Waals surface area contributed by atoms with Gasteiger partial charge in [0.1, 0.15) is 11.5 Å². The van der Waals surface area contributed by atoms with Crippen LogP contribution in [0.15, 0.2) is 41.3 Å². The first-order valence-electron chi connectivity index (χ1n) is 8.87. The number of rotatable bonds is 7. The molecule has 2 aromatic carbocycles. The summed E-state index contributed by atoms with van der Waals surface area (Å²) in [4.78, 5) is 12.2. The lowest BCUT2D eigenvalue weighted by atomic mass is 10.3. The summed E-state index contributed by atoms with van der Waals surface area (Å²) >= 11 is 12.2. The number of hydrogen-bond acceptors (Lipinski definition) is 5. The predicted molar refractivity (Wildman–Crippen MR) is 112 cm³/mol. The topological polar surface area (TPSA) is 84.9 Å². The minimum absolute atomic E-state index is 0.106. The van der Waals surface area contributed by atoms with Gasteiger partial charge in [-0.25, -0.2) is 8.42 Å². The Balaban J connectivity index is 1.62. The minimum Gasteiger partial charge on any atom is -0.495 e. The van der Waals surface area contributed by atoms with E-state index in [1.165, 1.54) is 29.6 Å². The quantitative estimate of drug-likeness (QED) is 0.681. The van der Waals surface area contributed by atoms with Crippen LogP contribution in [0.2, 0.25) is 10.0 Å². The van der Waals surface area contributed by atoms with E-state index in [9.17, 15) is 13.2 Å². The molecule has 0 saturated carbocycles. The Bertz CT molecular complexity index is 1010. The van der Waals surface area contributed by atoms with Crippen molar-refractivity contribution in [2.45, 2.75) is 17.7 Å². The fourth-order valence-corrected chi connectivity index (χ4v) is 5.02. The van der Waals surface area contributed by atoms with E-state index in [0.717, 1.165) is 12.8 Å². The zero-order valence-electron chi connectivity index (χ0n) is 15.7. The predicted octanol–water partition coefficient (Wildman–Crippen LogP) is 3.80. The molecular weight excluding hydrogens is 439 g/mol. The summed E-state index contributed by atoms with van der Waals surface area (Å²) in [7, 11) is -2.07. The van der Waals surface area contributed by atoms with Crippen molar-refractivity contribution in [1.29, 1.82) is 0 Å². The normalized spacial score (nSPS) is 14.6. The van der Waals surface area contributed by atoms with Crippen LogP contribution < -0.4 is 14.8 Å². The van der Waals surface area contributed by atoms with Gasteiger partial charge in [-0.3, -0.25) is 4.79 Å². The Morgan fingerprint density at radius 2 is 1.72 bits per heavy atom. The summed E-state index contributed by atoms with van der Waals surface area (Å²) in [5.74, 6) is 0.294. The molecule has 1 aliphatic heterocycles. The average molecular weight is 459 g/mol. The lowest BCUT2D eigenvalue weighted by Gasteiger charge is -2.16. The largest absolute Gasteiger partial charge is 0.495 e. The summed E-state index contributed by atoms with van der Waals surface area (Å²) < 4.78 is 37.1. The molecular formula is C19H20Cl2N2O5S. The first-order chi connectivity index (χ1) is 13.8. The maximum absolute atomic E-state index is 12.6. The van der Waals surface area contributed by atoms with Gasteiger partial charge >= 0.3 is 0 Å². The molecule has 0 spiro atoms. The van der Waals surface area contributed by atoms with E-state index in [4.69, 9.17) is 32.7 Å². The molecule has 10 heteroatoms. The molecule has 1 aliphatic rings. The number of benzene rings is 2. The van der Waals surface area contributed by atoms with E-state index >= 15 is 0 Å². The number of carbonyl (C=O) groups is 1. The van der Waals surface area contributed by atoms with Crippen LogP contribution in [0.4, 0.5) is 5.69 Å². The zero-order valence-corrected chi connectivity index (χ0v) is 18.0. The highest BCUT2D eigenvalue weighted by Gasteiger charge is 2.27. The van der Waals surface area contributed by atoms with E-state index in [1.54, 1.807) is 18.2 Å². The van der Waals surface area contributed by atoms with Gasteiger partial charge in [-0.05, 0) is 49.2 Å². The van der Waals surface area contributed by atoms with Gasteiger partial charge in [-0.1, -0.05) is 23.2 Å². The maximum Gasteiger partial charge on any atom is 0.262 e. The fraction of sp³-hybridized carbons (Fsp3) is 0.316. The van der Waals surface area contributed by atoms with Gasteiger partial charge in [0, 0.05) is 18.8 Å².